The third-order valence-electron chi connectivity index (χ3n) is 3.56. The molecule has 1 aromatic heterocycles. The smallest absolute Gasteiger partial charge is 0.141 e. The van der Waals surface area contributed by atoms with E-state index in [1.54, 1.807) is 6.07 Å². The molecule has 4 heteroatoms. The molecule has 1 N–H and O–H groups in total. The third-order valence-corrected chi connectivity index (χ3v) is 3.56. The van der Waals surface area contributed by atoms with E-state index in [1.165, 1.54) is 6.20 Å². The molecule has 0 fully saturated rings. The minimum Gasteiger partial charge on any atom is -0.356 e. The second-order valence-corrected chi connectivity index (χ2v) is 5.41. The van der Waals surface area contributed by atoms with Crippen molar-refractivity contribution in [2.45, 2.75) is 46.7 Å². The van der Waals surface area contributed by atoms with Crippen LogP contribution in [0, 0.1) is 11.7 Å². The van der Waals surface area contributed by atoms with Crippen LogP contribution in [0.1, 0.15) is 39.7 Å². The molecule has 0 spiro atoms. The molecule has 108 valence electrons. The summed E-state index contributed by atoms with van der Waals surface area (Å²) in [5, 5.41) is 3.31. The van der Waals surface area contributed by atoms with Gasteiger partial charge in [-0.15, -0.1) is 0 Å². The van der Waals surface area contributed by atoms with Gasteiger partial charge in [-0.1, -0.05) is 20.8 Å². The topological polar surface area (TPSA) is 28.2 Å². The minimum atomic E-state index is -0.275. The van der Waals surface area contributed by atoms with E-state index in [4.69, 9.17) is 0 Å². The van der Waals surface area contributed by atoms with Crippen LogP contribution in [0.15, 0.2) is 12.3 Å². The summed E-state index contributed by atoms with van der Waals surface area (Å²) >= 11 is 0. The molecule has 0 amide bonds. The van der Waals surface area contributed by atoms with Crippen molar-refractivity contribution in [2.75, 3.05) is 18.5 Å². The van der Waals surface area contributed by atoms with Crippen molar-refractivity contribution in [1.29, 1.82) is 0 Å². The van der Waals surface area contributed by atoms with Gasteiger partial charge in [0.05, 0.1) is 6.20 Å². The van der Waals surface area contributed by atoms with Crippen molar-refractivity contribution in [1.82, 2.24) is 10.3 Å². The van der Waals surface area contributed by atoms with Crippen molar-refractivity contribution in [3.8, 4) is 0 Å². The van der Waals surface area contributed by atoms with Crippen molar-refractivity contribution >= 4 is 5.82 Å². The molecular formula is C15H26FN3. The third kappa shape index (κ3) is 4.46. The lowest BCUT2D eigenvalue weighted by Gasteiger charge is -2.30. The van der Waals surface area contributed by atoms with E-state index in [2.05, 4.69) is 42.9 Å². The van der Waals surface area contributed by atoms with Gasteiger partial charge in [-0.2, -0.15) is 0 Å². The van der Waals surface area contributed by atoms with Crippen LogP contribution in [-0.4, -0.2) is 24.6 Å². The molecule has 3 nitrogen and oxygen atoms in total. The summed E-state index contributed by atoms with van der Waals surface area (Å²) in [6, 6.07) is 1.94. The predicted molar refractivity (Wildman–Crippen MR) is 78.9 cm³/mol. The first-order valence-electron chi connectivity index (χ1n) is 7.05. The summed E-state index contributed by atoms with van der Waals surface area (Å²) in [4.78, 5) is 6.40. The number of hydrogen-bond acceptors (Lipinski definition) is 3. The maximum atomic E-state index is 13.4. The van der Waals surface area contributed by atoms with E-state index in [0.29, 0.717) is 18.5 Å². The first-order valence-corrected chi connectivity index (χ1v) is 7.05. The second kappa shape index (κ2) is 7.43. The number of nitrogens with zero attached hydrogens (tertiary/aromatic N) is 2. The minimum absolute atomic E-state index is 0.275. The van der Waals surface area contributed by atoms with Crippen LogP contribution >= 0.6 is 0 Å². The molecule has 19 heavy (non-hydrogen) atoms. The molecule has 0 bridgehead atoms. The summed E-state index contributed by atoms with van der Waals surface area (Å²) in [7, 11) is 2.02. The van der Waals surface area contributed by atoms with Crippen molar-refractivity contribution in [3.05, 3.63) is 23.6 Å². The zero-order chi connectivity index (χ0) is 14.4. The Hall–Kier alpha value is -1.16. The van der Waals surface area contributed by atoms with Crippen molar-refractivity contribution in [3.63, 3.8) is 0 Å². The highest BCUT2D eigenvalue weighted by atomic mass is 19.1. The summed E-state index contributed by atoms with van der Waals surface area (Å²) in [5.74, 6) is 1.11. The summed E-state index contributed by atoms with van der Waals surface area (Å²) in [6.07, 6.45) is 2.36. The Morgan fingerprint density at radius 1 is 1.37 bits per heavy atom. The van der Waals surface area contributed by atoms with Gasteiger partial charge < -0.3 is 10.2 Å². The first kappa shape index (κ1) is 15.9. The highest BCUT2D eigenvalue weighted by molar-refractivity contribution is 5.47. The van der Waals surface area contributed by atoms with Crippen molar-refractivity contribution in [2.24, 2.45) is 5.92 Å². The number of hydrogen-bond donors (Lipinski definition) is 1. The lowest BCUT2D eigenvalue weighted by molar-refractivity contribution is 0.499. The number of rotatable bonds is 7. The van der Waals surface area contributed by atoms with Crippen LogP contribution in [0.2, 0.25) is 0 Å². The Labute approximate surface area is 116 Å². The van der Waals surface area contributed by atoms with E-state index < -0.39 is 0 Å². The van der Waals surface area contributed by atoms with Crippen LogP contribution in [0.5, 0.6) is 0 Å². The fourth-order valence-electron chi connectivity index (χ4n) is 1.96. The van der Waals surface area contributed by atoms with Gasteiger partial charge in [0.1, 0.15) is 11.6 Å². The number of aromatic nitrogens is 1. The normalized spacial score (nSPS) is 12.8. The predicted octanol–water partition coefficient (Wildman–Crippen LogP) is 3.20. The molecule has 0 aromatic carbocycles. The molecule has 1 atom stereocenters. The second-order valence-electron chi connectivity index (χ2n) is 5.41. The number of halogens is 1. The standard InChI is InChI=1S/C15H26FN3/c1-6-7-17-9-13-8-14(16)10-18-15(13)19(5)12(4)11(2)3/h8,10-12,17H,6-7,9H2,1-5H3. The van der Waals surface area contributed by atoms with Gasteiger partial charge in [0.25, 0.3) is 0 Å². The Kier molecular flexibility index (Phi) is 6.22. The van der Waals surface area contributed by atoms with E-state index in [-0.39, 0.29) is 5.82 Å². The summed E-state index contributed by atoms with van der Waals surface area (Å²) in [6.45, 7) is 10.2. The molecule has 0 radical (unpaired) electrons. The van der Waals surface area contributed by atoms with Crippen LogP contribution < -0.4 is 10.2 Å². The van der Waals surface area contributed by atoms with Gasteiger partial charge in [-0.3, -0.25) is 0 Å². The summed E-state index contributed by atoms with van der Waals surface area (Å²) < 4.78 is 13.4. The lowest BCUT2D eigenvalue weighted by Crippen LogP contribution is -2.35. The molecule has 0 aliphatic rings. The van der Waals surface area contributed by atoms with Crippen molar-refractivity contribution < 1.29 is 4.39 Å². The maximum Gasteiger partial charge on any atom is 0.141 e. The quantitative estimate of drug-likeness (QED) is 0.769. The highest BCUT2D eigenvalue weighted by Crippen LogP contribution is 2.22. The Balaban J connectivity index is 2.92. The van der Waals surface area contributed by atoms with Crippen LogP contribution in [0.3, 0.4) is 0 Å². The van der Waals surface area contributed by atoms with E-state index in [1.807, 2.05) is 7.05 Å². The number of pyridine rings is 1. The number of nitrogens with one attached hydrogen (secondary N) is 1. The molecule has 1 unspecified atom stereocenters. The molecule has 0 saturated carbocycles. The highest BCUT2D eigenvalue weighted by Gasteiger charge is 2.18. The molecule has 0 aliphatic carbocycles. The summed E-state index contributed by atoms with van der Waals surface area (Å²) in [5.41, 5.74) is 0.920. The van der Waals surface area contributed by atoms with Crippen LogP contribution in [0.25, 0.3) is 0 Å². The van der Waals surface area contributed by atoms with Gasteiger partial charge in [-0.25, -0.2) is 9.37 Å². The van der Waals surface area contributed by atoms with E-state index in [9.17, 15) is 4.39 Å². The van der Waals surface area contributed by atoms with Gasteiger partial charge in [0.15, 0.2) is 0 Å². The zero-order valence-electron chi connectivity index (χ0n) is 12.7. The van der Waals surface area contributed by atoms with Crippen LogP contribution in [-0.2, 0) is 6.54 Å². The first-order chi connectivity index (χ1) is 8.97. The molecule has 1 aromatic rings. The molecule has 1 heterocycles. The lowest BCUT2D eigenvalue weighted by atomic mass is 10.0. The largest absolute Gasteiger partial charge is 0.356 e. The zero-order valence-corrected chi connectivity index (χ0v) is 12.7. The van der Waals surface area contributed by atoms with Crippen LogP contribution in [0.4, 0.5) is 10.2 Å². The SMILES string of the molecule is CCCNCc1cc(F)cnc1N(C)C(C)C(C)C. The van der Waals surface area contributed by atoms with E-state index in [0.717, 1.165) is 24.3 Å². The molecular weight excluding hydrogens is 241 g/mol. The van der Waals surface area contributed by atoms with Gasteiger partial charge >= 0.3 is 0 Å². The molecule has 0 saturated heterocycles. The fourth-order valence-corrected chi connectivity index (χ4v) is 1.96. The maximum absolute atomic E-state index is 13.4. The van der Waals surface area contributed by atoms with Gasteiger partial charge in [0, 0.05) is 25.2 Å². The molecule has 1 rings (SSSR count). The van der Waals surface area contributed by atoms with E-state index >= 15 is 0 Å². The van der Waals surface area contributed by atoms with Gasteiger partial charge in [-0.05, 0) is 31.9 Å². The number of anilines is 1. The monoisotopic (exact) mass is 267 g/mol. The molecule has 0 aliphatic heterocycles. The average Bonchev–Trinajstić information content (AvgIpc) is 2.37. The van der Waals surface area contributed by atoms with Gasteiger partial charge in [0.2, 0.25) is 0 Å². The average molecular weight is 267 g/mol. The fraction of sp³-hybridized carbons (Fsp3) is 0.667. The Morgan fingerprint density at radius 3 is 2.63 bits per heavy atom. The Bertz CT molecular complexity index is 393. The Morgan fingerprint density at radius 2 is 2.05 bits per heavy atom.